The zero-order valence-corrected chi connectivity index (χ0v) is 11.4. The maximum atomic E-state index is 5.79. The lowest BCUT2D eigenvalue weighted by Gasteiger charge is -2.22. The normalized spacial score (nSPS) is 10.6. The Morgan fingerprint density at radius 1 is 1.35 bits per heavy atom. The van der Waals surface area contributed by atoms with Crippen LogP contribution in [0.15, 0.2) is 12.4 Å². The average molecular weight is 258 g/mol. The second-order valence-electron chi connectivity index (χ2n) is 4.06. The molecule has 1 heterocycles. The van der Waals surface area contributed by atoms with Crippen molar-refractivity contribution in [1.29, 1.82) is 0 Å². The van der Waals surface area contributed by atoms with Crippen molar-refractivity contribution < 1.29 is 4.74 Å². The lowest BCUT2D eigenvalue weighted by Crippen LogP contribution is -2.27. The third kappa shape index (κ3) is 4.77. The van der Waals surface area contributed by atoms with Crippen molar-refractivity contribution in [2.75, 3.05) is 23.9 Å². The minimum atomic E-state index is 0.116. The van der Waals surface area contributed by atoms with E-state index in [0.29, 0.717) is 11.8 Å². The van der Waals surface area contributed by atoms with Crippen LogP contribution in [0.5, 0.6) is 5.88 Å². The minimum absolute atomic E-state index is 0.116. The van der Waals surface area contributed by atoms with Gasteiger partial charge < -0.3 is 9.64 Å². The Balaban J connectivity index is 2.79. The Morgan fingerprint density at radius 3 is 2.71 bits per heavy atom. The van der Waals surface area contributed by atoms with E-state index in [2.05, 4.69) is 21.8 Å². The van der Waals surface area contributed by atoms with Crippen LogP contribution in [0, 0.1) is 0 Å². The van der Waals surface area contributed by atoms with Crippen molar-refractivity contribution >= 4 is 17.4 Å². The molecule has 0 amide bonds. The monoisotopic (exact) mass is 257 g/mol. The zero-order chi connectivity index (χ0) is 12.7. The Labute approximate surface area is 108 Å². The van der Waals surface area contributed by atoms with E-state index >= 15 is 0 Å². The number of anilines is 1. The highest BCUT2D eigenvalue weighted by molar-refractivity contribution is 6.18. The predicted molar refractivity (Wildman–Crippen MR) is 71.0 cm³/mol. The van der Waals surface area contributed by atoms with Crippen LogP contribution in [0.4, 0.5) is 5.82 Å². The molecule has 1 aromatic rings. The van der Waals surface area contributed by atoms with Gasteiger partial charge in [-0.3, -0.25) is 0 Å². The molecule has 0 aliphatic rings. The molecule has 0 fully saturated rings. The predicted octanol–water partition coefficient (Wildman–Crippen LogP) is 2.72. The van der Waals surface area contributed by atoms with Crippen molar-refractivity contribution in [3.8, 4) is 5.88 Å². The summed E-state index contributed by atoms with van der Waals surface area (Å²) in [6, 6.07) is 1.86. The van der Waals surface area contributed by atoms with Gasteiger partial charge in [0.1, 0.15) is 12.1 Å². The van der Waals surface area contributed by atoms with Crippen LogP contribution in [0.25, 0.3) is 0 Å². The first-order chi connectivity index (χ1) is 8.17. The molecule has 0 N–H and O–H groups in total. The number of halogens is 1. The van der Waals surface area contributed by atoms with E-state index in [4.69, 9.17) is 16.3 Å². The molecule has 0 spiro atoms. The van der Waals surface area contributed by atoms with Crippen LogP contribution in [-0.2, 0) is 0 Å². The lowest BCUT2D eigenvalue weighted by molar-refractivity contribution is 0.232. The van der Waals surface area contributed by atoms with Crippen molar-refractivity contribution in [3.05, 3.63) is 12.4 Å². The summed E-state index contributed by atoms with van der Waals surface area (Å²) in [5, 5.41) is 0. The zero-order valence-electron chi connectivity index (χ0n) is 10.7. The molecule has 1 rings (SSSR count). The van der Waals surface area contributed by atoms with Gasteiger partial charge in [0.25, 0.3) is 0 Å². The highest BCUT2D eigenvalue weighted by Crippen LogP contribution is 2.17. The van der Waals surface area contributed by atoms with E-state index in [1.807, 2.05) is 19.9 Å². The maximum absolute atomic E-state index is 5.79. The number of alkyl halides is 1. The lowest BCUT2D eigenvalue weighted by atomic mass is 10.4. The summed E-state index contributed by atoms with van der Waals surface area (Å²) < 4.78 is 5.55. The molecule has 0 bridgehead atoms. The molecule has 1 aromatic heterocycles. The van der Waals surface area contributed by atoms with Crippen molar-refractivity contribution in [3.63, 3.8) is 0 Å². The molecule has 0 saturated carbocycles. The van der Waals surface area contributed by atoms with Crippen LogP contribution in [0.3, 0.4) is 0 Å². The van der Waals surface area contributed by atoms with Crippen LogP contribution in [-0.4, -0.2) is 35.0 Å². The first-order valence-electron chi connectivity index (χ1n) is 5.97. The van der Waals surface area contributed by atoms with Gasteiger partial charge in [0, 0.05) is 25.0 Å². The first kappa shape index (κ1) is 14.0. The third-order valence-corrected chi connectivity index (χ3v) is 2.32. The number of hydrogen-bond donors (Lipinski definition) is 0. The number of nitrogens with zero attached hydrogens (tertiary/aromatic N) is 3. The number of rotatable bonds is 7. The summed E-state index contributed by atoms with van der Waals surface area (Å²) in [7, 11) is 0. The molecule has 0 atom stereocenters. The van der Waals surface area contributed by atoms with E-state index in [0.717, 1.165) is 25.3 Å². The number of ether oxygens (including phenoxy) is 1. The van der Waals surface area contributed by atoms with Crippen molar-refractivity contribution in [1.82, 2.24) is 9.97 Å². The molecule has 5 heteroatoms. The topological polar surface area (TPSA) is 38.2 Å². The van der Waals surface area contributed by atoms with Gasteiger partial charge in [0.15, 0.2) is 0 Å². The third-order valence-electron chi connectivity index (χ3n) is 2.16. The highest BCUT2D eigenvalue weighted by atomic mass is 35.5. The van der Waals surface area contributed by atoms with Gasteiger partial charge in [-0.25, -0.2) is 9.97 Å². The smallest absolute Gasteiger partial charge is 0.218 e. The van der Waals surface area contributed by atoms with Crippen molar-refractivity contribution in [2.24, 2.45) is 0 Å². The van der Waals surface area contributed by atoms with Gasteiger partial charge in [-0.2, -0.15) is 0 Å². The van der Waals surface area contributed by atoms with E-state index in [-0.39, 0.29) is 6.10 Å². The standard InChI is InChI=1S/C12H20ClN3O/c1-4-6-16(7-5-13)11-8-12(15-9-14-11)17-10(2)3/h8-10H,4-7H2,1-3H3. The average Bonchev–Trinajstić information content (AvgIpc) is 2.28. The Kier molecular flexibility index (Phi) is 6.05. The molecular weight excluding hydrogens is 238 g/mol. The summed E-state index contributed by atoms with van der Waals surface area (Å²) >= 11 is 5.79. The van der Waals surface area contributed by atoms with Crippen LogP contribution < -0.4 is 9.64 Å². The largest absolute Gasteiger partial charge is 0.475 e. The molecule has 0 aliphatic carbocycles. The number of aromatic nitrogens is 2. The van der Waals surface area contributed by atoms with Gasteiger partial charge in [-0.1, -0.05) is 6.92 Å². The van der Waals surface area contributed by atoms with Gasteiger partial charge >= 0.3 is 0 Å². The molecule has 4 nitrogen and oxygen atoms in total. The molecule has 17 heavy (non-hydrogen) atoms. The molecule has 0 aliphatic heterocycles. The molecule has 96 valence electrons. The van der Waals surface area contributed by atoms with E-state index < -0.39 is 0 Å². The molecule has 0 saturated heterocycles. The van der Waals surface area contributed by atoms with E-state index in [9.17, 15) is 0 Å². The van der Waals surface area contributed by atoms with E-state index in [1.165, 1.54) is 6.33 Å². The molecule has 0 unspecified atom stereocenters. The van der Waals surface area contributed by atoms with Crippen LogP contribution in [0.1, 0.15) is 27.2 Å². The summed E-state index contributed by atoms with van der Waals surface area (Å²) in [4.78, 5) is 10.5. The summed E-state index contributed by atoms with van der Waals surface area (Å²) in [6.45, 7) is 7.81. The second-order valence-corrected chi connectivity index (χ2v) is 4.44. The van der Waals surface area contributed by atoms with Gasteiger partial charge in [0.2, 0.25) is 5.88 Å². The SMILES string of the molecule is CCCN(CCCl)c1cc(OC(C)C)ncn1. The van der Waals surface area contributed by atoms with Gasteiger partial charge in [-0.15, -0.1) is 11.6 Å². The molecular formula is C12H20ClN3O. The molecule has 0 radical (unpaired) electrons. The summed E-state index contributed by atoms with van der Waals surface area (Å²) in [5.74, 6) is 2.07. The van der Waals surface area contributed by atoms with E-state index in [1.54, 1.807) is 0 Å². The first-order valence-corrected chi connectivity index (χ1v) is 6.50. The fourth-order valence-corrected chi connectivity index (χ4v) is 1.73. The Hall–Kier alpha value is -1.03. The van der Waals surface area contributed by atoms with Crippen molar-refractivity contribution in [2.45, 2.75) is 33.3 Å². The summed E-state index contributed by atoms with van der Waals surface area (Å²) in [6.07, 6.45) is 2.70. The molecule has 0 aromatic carbocycles. The Bertz CT molecular complexity index is 327. The maximum Gasteiger partial charge on any atom is 0.218 e. The van der Waals surface area contributed by atoms with Crippen LogP contribution >= 0.6 is 11.6 Å². The summed E-state index contributed by atoms with van der Waals surface area (Å²) in [5.41, 5.74) is 0. The van der Waals surface area contributed by atoms with Crippen LogP contribution in [0.2, 0.25) is 0 Å². The number of hydrogen-bond acceptors (Lipinski definition) is 4. The quantitative estimate of drug-likeness (QED) is 0.704. The Morgan fingerprint density at radius 2 is 2.12 bits per heavy atom. The van der Waals surface area contributed by atoms with Gasteiger partial charge in [-0.05, 0) is 20.3 Å². The van der Waals surface area contributed by atoms with Gasteiger partial charge in [0.05, 0.1) is 6.10 Å². The minimum Gasteiger partial charge on any atom is -0.475 e. The second kappa shape index (κ2) is 7.33. The fourth-order valence-electron chi connectivity index (χ4n) is 1.52. The fraction of sp³-hybridized carbons (Fsp3) is 0.667. The highest BCUT2D eigenvalue weighted by Gasteiger charge is 2.08.